The van der Waals surface area contributed by atoms with Crippen LogP contribution in [0.25, 0.3) is 5.70 Å². The van der Waals surface area contributed by atoms with Gasteiger partial charge in [0.25, 0.3) is 0 Å². The monoisotopic (exact) mass is 588 g/mol. The molecule has 0 fully saturated rings. The lowest BCUT2D eigenvalue weighted by molar-refractivity contribution is -0.138. The van der Waals surface area contributed by atoms with Crippen molar-refractivity contribution in [3.05, 3.63) is 89.8 Å². The first-order valence-electron chi connectivity index (χ1n) is 11.4. The molecule has 1 aromatic heterocycles. The summed E-state index contributed by atoms with van der Waals surface area (Å²) in [6.07, 6.45) is -8.70. The van der Waals surface area contributed by atoms with Crippen LogP contribution < -0.4 is 5.32 Å². The lowest BCUT2D eigenvalue weighted by Gasteiger charge is -2.24. The predicted molar refractivity (Wildman–Crippen MR) is 144 cm³/mol. The van der Waals surface area contributed by atoms with Crippen LogP contribution in [0.5, 0.6) is 0 Å². The maximum Gasteiger partial charge on any atom is 0.417 e. The number of pyridine rings is 1. The van der Waals surface area contributed by atoms with Crippen molar-refractivity contribution < 1.29 is 34.8 Å². The highest BCUT2D eigenvalue weighted by atomic mass is 32.2. The topological polar surface area (TPSA) is 59.1 Å². The third-order valence-electron chi connectivity index (χ3n) is 6.03. The first-order chi connectivity index (χ1) is 17.9. The fraction of sp³-hybridized carbons (Fsp3) is 0.222. The highest BCUT2D eigenvalue weighted by Crippen LogP contribution is 2.42. The average molecular weight is 589 g/mol. The molecule has 210 valence electrons. The number of benzene rings is 2. The second-order valence-corrected chi connectivity index (χ2v) is 14.2. The summed E-state index contributed by atoms with van der Waals surface area (Å²) in [6.45, 7) is 7.29. The van der Waals surface area contributed by atoms with Crippen molar-refractivity contribution in [1.29, 1.82) is 0 Å². The van der Waals surface area contributed by atoms with Gasteiger partial charge in [0, 0.05) is 17.6 Å². The molecule has 0 bridgehead atoms. The number of halogens is 6. The predicted octanol–water partition coefficient (Wildman–Crippen LogP) is 7.15. The molecule has 3 aromatic rings. The Morgan fingerprint density at radius 1 is 0.897 bits per heavy atom. The molecule has 0 unspecified atom stereocenters. The Labute approximate surface area is 223 Å². The molecular weight excluding hydrogens is 562 g/mol. The van der Waals surface area contributed by atoms with Crippen molar-refractivity contribution in [2.75, 3.05) is 0 Å². The molecule has 0 spiro atoms. The van der Waals surface area contributed by atoms with Crippen molar-refractivity contribution in [3.8, 4) is 0 Å². The van der Waals surface area contributed by atoms with Crippen molar-refractivity contribution >= 4 is 36.5 Å². The minimum Gasteiger partial charge on any atom is -0.380 e. The van der Waals surface area contributed by atoms with Gasteiger partial charge in [0.15, 0.2) is 0 Å². The molecule has 0 aliphatic heterocycles. The molecular formula is C27H26F6N2O2S2. The van der Waals surface area contributed by atoms with Gasteiger partial charge in [-0.3, -0.25) is 4.98 Å². The Morgan fingerprint density at radius 3 is 2.10 bits per heavy atom. The zero-order valence-corrected chi connectivity index (χ0v) is 22.7. The Hall–Kier alpha value is -3.25. The number of hydrogen-bond acceptors (Lipinski definition) is 4. The maximum absolute atomic E-state index is 13.4. The van der Waals surface area contributed by atoms with Crippen molar-refractivity contribution in [3.63, 3.8) is 0 Å². The van der Waals surface area contributed by atoms with Crippen LogP contribution in [0.15, 0.2) is 82.1 Å². The Kier molecular flexibility index (Phi) is 8.33. The number of hydrogen-bond donors (Lipinski definition) is 1. The third kappa shape index (κ3) is 6.50. The Bertz CT molecular complexity index is 1610. The maximum atomic E-state index is 13.4. The first-order valence-corrected chi connectivity index (χ1v) is 14.9. The van der Waals surface area contributed by atoms with Crippen LogP contribution >= 0.6 is 9.21 Å². The van der Waals surface area contributed by atoms with Gasteiger partial charge < -0.3 is 5.32 Å². The molecule has 0 saturated heterocycles. The van der Waals surface area contributed by atoms with Gasteiger partial charge in [0.1, 0.15) is 0 Å². The van der Waals surface area contributed by atoms with Crippen LogP contribution in [0.4, 0.5) is 26.3 Å². The summed E-state index contributed by atoms with van der Waals surface area (Å²) in [5, 5.41) is 2.70. The average Bonchev–Trinajstić information content (AvgIpc) is 2.86. The van der Waals surface area contributed by atoms with Gasteiger partial charge in [-0.25, -0.2) is 8.42 Å². The molecule has 4 nitrogen and oxygen atoms in total. The summed E-state index contributed by atoms with van der Waals surface area (Å²) >= 11 is 0. The van der Waals surface area contributed by atoms with E-state index in [1.807, 2.05) is 0 Å². The minimum absolute atomic E-state index is 0.106. The number of alkyl halides is 6. The molecule has 39 heavy (non-hydrogen) atoms. The number of nitrogens with zero attached hydrogens (tertiary/aromatic N) is 1. The smallest absolute Gasteiger partial charge is 0.380 e. The largest absolute Gasteiger partial charge is 0.417 e. The second-order valence-electron chi connectivity index (χ2n) is 9.03. The van der Waals surface area contributed by atoms with Crippen molar-refractivity contribution in [1.82, 2.24) is 10.3 Å². The van der Waals surface area contributed by atoms with Crippen LogP contribution in [0.1, 0.15) is 36.2 Å². The van der Waals surface area contributed by atoms with Crippen LogP contribution in [0.3, 0.4) is 0 Å². The van der Waals surface area contributed by atoms with Crippen molar-refractivity contribution in [2.45, 2.75) is 52.7 Å². The first kappa shape index (κ1) is 30.3. The third-order valence-corrected chi connectivity index (χ3v) is 10.9. The summed E-state index contributed by atoms with van der Waals surface area (Å²) in [6, 6.07) is 10.1. The second kappa shape index (κ2) is 10.7. The number of aromatic nitrogens is 1. The summed E-state index contributed by atoms with van der Waals surface area (Å²) in [5.74, 6) is 8.13. The fourth-order valence-electron chi connectivity index (χ4n) is 3.55. The summed E-state index contributed by atoms with van der Waals surface area (Å²) in [4.78, 5) is 3.40. The van der Waals surface area contributed by atoms with Crippen LogP contribution in [-0.2, 0) is 28.7 Å². The van der Waals surface area contributed by atoms with Gasteiger partial charge in [0.05, 0.1) is 32.3 Å². The van der Waals surface area contributed by atoms with E-state index in [1.54, 1.807) is 19.9 Å². The SMILES string of the molecule is C=C(NCc1ccccc1S(=O)(=O)c1cccc(C(F)(F)F)c1)c1ncc(C(F)(F)F)cc1S(=C)(=C)C(C)C. The normalized spacial score (nSPS) is 12.9. The Morgan fingerprint density at radius 2 is 1.51 bits per heavy atom. The van der Waals surface area contributed by atoms with E-state index in [0.717, 1.165) is 24.3 Å². The van der Waals surface area contributed by atoms with E-state index in [-0.39, 0.29) is 38.5 Å². The van der Waals surface area contributed by atoms with Gasteiger partial charge in [-0.2, -0.15) is 35.5 Å². The van der Waals surface area contributed by atoms with E-state index in [9.17, 15) is 34.8 Å². The summed E-state index contributed by atoms with van der Waals surface area (Å²) < 4.78 is 106. The number of rotatable bonds is 8. The van der Waals surface area contributed by atoms with E-state index in [4.69, 9.17) is 0 Å². The lowest BCUT2D eigenvalue weighted by atomic mass is 10.2. The standard InChI is InChI=1S/C27H26F6N2O2S2/c1-17(2)38(4,5)24-14-21(27(31,32)33)16-35-25(24)18(3)34-15-19-9-6-7-12-23(19)39(36,37)22-11-8-10-20(13-22)26(28,29)30/h6-14,16-17,34H,3-5,15H2,1-2H3. The molecule has 2 aromatic carbocycles. The Balaban J connectivity index is 1.99. The van der Waals surface area contributed by atoms with Gasteiger partial charge in [-0.05, 0) is 41.1 Å². The minimum atomic E-state index is -4.73. The molecule has 0 aliphatic carbocycles. The molecule has 0 saturated carbocycles. The van der Waals surface area contributed by atoms with E-state index in [2.05, 4.69) is 28.6 Å². The van der Waals surface area contributed by atoms with Gasteiger partial charge in [-0.15, -0.1) is 0 Å². The van der Waals surface area contributed by atoms with E-state index >= 15 is 0 Å². The van der Waals surface area contributed by atoms with Crippen LogP contribution in [0.2, 0.25) is 0 Å². The molecule has 1 N–H and O–H groups in total. The van der Waals surface area contributed by atoms with Crippen molar-refractivity contribution in [2.24, 2.45) is 0 Å². The number of sulfone groups is 1. The van der Waals surface area contributed by atoms with Gasteiger partial charge >= 0.3 is 12.4 Å². The quantitative estimate of drug-likeness (QED) is 0.224. The molecule has 0 radical (unpaired) electrons. The van der Waals surface area contributed by atoms with Crippen LogP contribution in [-0.4, -0.2) is 30.4 Å². The zero-order valence-electron chi connectivity index (χ0n) is 21.0. The summed E-state index contributed by atoms with van der Waals surface area (Å²) in [7, 11) is -6.61. The summed E-state index contributed by atoms with van der Waals surface area (Å²) in [5.41, 5.74) is -1.65. The molecule has 0 aliphatic rings. The highest BCUT2D eigenvalue weighted by molar-refractivity contribution is 8.28. The van der Waals surface area contributed by atoms with Gasteiger partial charge in [-0.1, -0.05) is 56.4 Å². The molecule has 3 rings (SSSR count). The lowest BCUT2D eigenvalue weighted by Crippen LogP contribution is -2.17. The fourth-order valence-corrected chi connectivity index (χ4v) is 6.52. The number of nitrogens with one attached hydrogen (secondary N) is 1. The van der Waals surface area contributed by atoms with E-state index in [1.165, 1.54) is 18.2 Å². The molecule has 1 heterocycles. The molecule has 0 amide bonds. The molecule has 12 heteroatoms. The van der Waals surface area contributed by atoms with Crippen LogP contribution in [0, 0.1) is 0 Å². The van der Waals surface area contributed by atoms with E-state index < -0.39 is 47.4 Å². The highest BCUT2D eigenvalue weighted by Gasteiger charge is 2.34. The van der Waals surface area contributed by atoms with E-state index in [0.29, 0.717) is 12.3 Å². The zero-order chi connectivity index (χ0) is 29.4. The van der Waals surface area contributed by atoms with Gasteiger partial charge in [0.2, 0.25) is 9.84 Å². The molecule has 0 atom stereocenters.